The van der Waals surface area contributed by atoms with Crippen LogP contribution in [0.5, 0.6) is 0 Å². The third kappa shape index (κ3) is 15.7. The summed E-state index contributed by atoms with van der Waals surface area (Å²) in [4.78, 5) is 55.6. The molecule has 0 aliphatic carbocycles. The van der Waals surface area contributed by atoms with Gasteiger partial charge in [-0.25, -0.2) is 14.8 Å². The number of carboxylic acid groups (broad SMARTS) is 1. The molecule has 0 fully saturated rings. The second kappa shape index (κ2) is 21.8. The number of carboxylic acids is 1. The normalized spacial score (nSPS) is 11.0. The summed E-state index contributed by atoms with van der Waals surface area (Å²) in [6.45, 7) is 13.0. The molecular weight excluding hydrogens is 779 g/mol. The molecule has 0 aliphatic heterocycles. The number of carbonyl (C=O) groups excluding carboxylic acids is 3. The highest BCUT2D eigenvalue weighted by Gasteiger charge is 2.22. The van der Waals surface area contributed by atoms with Gasteiger partial charge < -0.3 is 30.6 Å². The largest absolute Gasteiger partial charge is 0.477 e. The van der Waals surface area contributed by atoms with Crippen LogP contribution in [0.25, 0.3) is 0 Å². The van der Waals surface area contributed by atoms with Gasteiger partial charge in [0.25, 0.3) is 11.8 Å². The number of hydrogen-bond donors (Lipinski definition) is 4. The second-order valence-electron chi connectivity index (χ2n) is 12.3. The minimum atomic E-state index is -1.04. The Bertz CT molecular complexity index is 1780. The number of aromatic nitrogens is 4. The highest BCUT2D eigenvalue weighted by molar-refractivity contribution is 8.77. The molecule has 12 nitrogen and oxygen atoms in total. The van der Waals surface area contributed by atoms with E-state index in [1.54, 1.807) is 73.2 Å². The van der Waals surface area contributed by atoms with E-state index in [1.807, 2.05) is 37.9 Å². The second-order valence-corrected chi connectivity index (χ2v) is 20.6. The lowest BCUT2D eigenvalue weighted by atomic mass is 10.0. The van der Waals surface area contributed by atoms with E-state index in [9.17, 15) is 19.2 Å². The zero-order chi connectivity index (χ0) is 38.5. The van der Waals surface area contributed by atoms with Crippen molar-refractivity contribution in [2.45, 2.75) is 71.3 Å². The number of hydrogen-bond acceptors (Lipinski definition) is 13. The van der Waals surface area contributed by atoms with E-state index in [0.717, 1.165) is 23.0 Å². The molecule has 18 heteroatoms. The highest BCUT2D eigenvalue weighted by atomic mass is 33.1. The van der Waals surface area contributed by atoms with Crippen LogP contribution in [0.1, 0.15) is 99.9 Å². The summed E-state index contributed by atoms with van der Waals surface area (Å²) in [5, 5.41) is 19.3. The van der Waals surface area contributed by atoms with Gasteiger partial charge in [-0.15, -0.1) is 22.7 Å². The molecule has 288 valence electrons. The first-order valence-electron chi connectivity index (χ1n) is 15.5. The van der Waals surface area contributed by atoms with Gasteiger partial charge in [0.05, 0.1) is 27.1 Å². The van der Waals surface area contributed by atoms with Crippen LogP contribution in [-0.2, 0) is 14.1 Å². The van der Waals surface area contributed by atoms with Crippen molar-refractivity contribution < 1.29 is 24.3 Å². The maximum atomic E-state index is 12.5. The van der Waals surface area contributed by atoms with Crippen molar-refractivity contribution in [2.75, 3.05) is 29.7 Å². The topological polar surface area (TPSA) is 174 Å². The number of nitrogens with zero attached hydrogens (tertiary/aromatic N) is 4. The van der Waals surface area contributed by atoms with Crippen molar-refractivity contribution in [1.29, 1.82) is 0 Å². The van der Waals surface area contributed by atoms with Crippen LogP contribution in [0.4, 0.5) is 11.4 Å². The number of anilines is 2. The Morgan fingerprint density at radius 1 is 0.808 bits per heavy atom. The lowest BCUT2D eigenvalue weighted by Crippen LogP contribution is -2.25. The molecule has 2 amide bonds. The third-order valence-corrected chi connectivity index (χ3v) is 13.7. The number of aromatic carboxylic acids is 1. The molecule has 0 aromatic carbocycles. The van der Waals surface area contributed by atoms with E-state index in [4.69, 9.17) is 10.8 Å². The summed E-state index contributed by atoms with van der Waals surface area (Å²) in [7, 11) is 10.5. The molecule has 4 heterocycles. The number of aryl methyl sites for hydroxylation is 4. The average Bonchev–Trinajstić information content (AvgIpc) is 3.84. The van der Waals surface area contributed by atoms with Gasteiger partial charge in [0.15, 0.2) is 5.78 Å². The van der Waals surface area contributed by atoms with Gasteiger partial charge in [-0.1, -0.05) is 50.6 Å². The summed E-state index contributed by atoms with van der Waals surface area (Å²) < 4.78 is 3.50. The van der Waals surface area contributed by atoms with Crippen LogP contribution in [0.2, 0.25) is 0 Å². The lowest BCUT2D eigenvalue weighted by molar-refractivity contribution is 0.0685. The zero-order valence-corrected chi connectivity index (χ0v) is 35.4. The van der Waals surface area contributed by atoms with E-state index in [0.29, 0.717) is 34.9 Å². The number of nitrogens with two attached hydrogens (primary N) is 1. The number of nitrogens with one attached hydrogen (secondary N) is 2. The number of Topliss-reactive ketones (excluding diaryl/α,β-unsaturated/α-hetero) is 1. The van der Waals surface area contributed by atoms with Gasteiger partial charge in [0, 0.05) is 59.7 Å². The molecule has 0 unspecified atom stereocenters. The Balaban J connectivity index is 0.000000437. The molecule has 0 radical (unpaired) electrons. The Morgan fingerprint density at radius 2 is 1.23 bits per heavy atom. The summed E-state index contributed by atoms with van der Waals surface area (Å²) >= 11 is 2.82. The molecule has 0 spiro atoms. The first-order chi connectivity index (χ1) is 23.8. The highest BCUT2D eigenvalue weighted by Crippen LogP contribution is 2.37. The van der Waals surface area contributed by atoms with Crippen molar-refractivity contribution in [3.8, 4) is 0 Å². The molecular formula is C34H51N7O5S6. The van der Waals surface area contributed by atoms with E-state index < -0.39 is 5.97 Å². The molecule has 4 rings (SSSR count). The third-order valence-electron chi connectivity index (χ3n) is 6.80. The first kappa shape index (κ1) is 47.3. The van der Waals surface area contributed by atoms with Crippen LogP contribution in [0.15, 0.2) is 35.3 Å². The molecule has 4 aromatic heterocycles. The zero-order valence-electron chi connectivity index (χ0n) is 30.5. The fourth-order valence-electron chi connectivity index (χ4n) is 4.15. The molecule has 0 atom stereocenters. The van der Waals surface area contributed by atoms with E-state index in [2.05, 4.69) is 54.6 Å². The number of ketones is 1. The van der Waals surface area contributed by atoms with Gasteiger partial charge in [0.1, 0.15) is 17.1 Å². The van der Waals surface area contributed by atoms with Gasteiger partial charge in [-0.05, 0) is 72.6 Å². The number of thiazole rings is 2. The van der Waals surface area contributed by atoms with Crippen molar-refractivity contribution >= 4 is 101 Å². The van der Waals surface area contributed by atoms with Crippen molar-refractivity contribution in [3.63, 3.8) is 0 Å². The molecule has 52 heavy (non-hydrogen) atoms. The Kier molecular flexibility index (Phi) is 19.9. The molecule has 5 N–H and O–H groups in total. The van der Waals surface area contributed by atoms with Gasteiger partial charge in [-0.2, -0.15) is 0 Å². The SMILES string of the molecule is C.CSSC(C)(C)CCC(=O)c1cc(NC(=O)c2csc(C)n2)cn1C.CSSC(C)(C)CN.Cc1nc(C(=O)Nc2cc(C(=O)O)n(C)c2)cs1. The van der Waals surface area contributed by atoms with Crippen molar-refractivity contribution in [1.82, 2.24) is 19.1 Å². The van der Waals surface area contributed by atoms with Crippen LogP contribution in [-0.4, -0.2) is 76.3 Å². The van der Waals surface area contributed by atoms with Gasteiger partial charge in [-0.3, -0.25) is 14.4 Å². The predicted octanol–water partition coefficient (Wildman–Crippen LogP) is 8.91. The van der Waals surface area contributed by atoms with Crippen LogP contribution >= 0.6 is 65.8 Å². The average molecular weight is 830 g/mol. The monoisotopic (exact) mass is 829 g/mol. The minimum Gasteiger partial charge on any atom is -0.477 e. The standard InChI is InChI=1S/C17H23N3O2S3.C11H11N3O3S.C5H13NS2.CH4/c1-11-18-13(10-24-11)16(22)19-12-8-14(20(4)9-12)15(21)6-7-17(2,3)25-23-5;1-6-12-8(5-18-6)10(15)13-7-3-9(11(16)17)14(2)4-7;1-5(2,4-6)8-7-3;/h8-10H,6-7H2,1-5H3,(H,19,22);3-5H,1-2H3,(H,13,15)(H,16,17);4,6H2,1-3H3;1H4. The number of rotatable bonds is 14. The molecule has 4 aromatic rings. The molecule has 0 saturated carbocycles. The number of carbonyl (C=O) groups is 4. The quantitative estimate of drug-likeness (QED) is 0.0703. The van der Waals surface area contributed by atoms with E-state index in [-0.39, 0.29) is 40.2 Å². The van der Waals surface area contributed by atoms with Crippen molar-refractivity contribution in [2.24, 2.45) is 19.8 Å². The van der Waals surface area contributed by atoms with Gasteiger partial charge in [0.2, 0.25) is 0 Å². The predicted molar refractivity (Wildman–Crippen MR) is 227 cm³/mol. The Labute approximate surface area is 331 Å². The fourth-order valence-corrected chi connectivity index (χ4v) is 9.65. The summed E-state index contributed by atoms with van der Waals surface area (Å²) in [6, 6.07) is 3.13. The summed E-state index contributed by atoms with van der Waals surface area (Å²) in [5.41, 5.74) is 7.95. The lowest BCUT2D eigenvalue weighted by Gasteiger charge is -2.21. The summed E-state index contributed by atoms with van der Waals surface area (Å²) in [5.74, 6) is -1.56. The van der Waals surface area contributed by atoms with Crippen molar-refractivity contribution in [3.05, 3.63) is 68.1 Å². The van der Waals surface area contributed by atoms with E-state index >= 15 is 0 Å². The van der Waals surface area contributed by atoms with Crippen LogP contribution in [0, 0.1) is 13.8 Å². The van der Waals surface area contributed by atoms with Crippen LogP contribution in [0.3, 0.4) is 0 Å². The van der Waals surface area contributed by atoms with Gasteiger partial charge >= 0.3 is 5.97 Å². The first-order valence-corrected chi connectivity index (χ1v) is 22.4. The smallest absolute Gasteiger partial charge is 0.352 e. The Hall–Kier alpha value is -2.74. The maximum absolute atomic E-state index is 12.5. The molecule has 0 bridgehead atoms. The fraction of sp³-hybridized carbons (Fsp3) is 0.471. The Morgan fingerprint density at radius 3 is 1.58 bits per heavy atom. The maximum Gasteiger partial charge on any atom is 0.352 e. The summed E-state index contributed by atoms with van der Waals surface area (Å²) in [6.07, 6.45) is 8.71. The molecule has 0 aliphatic rings. The minimum absolute atomic E-state index is 0. The van der Waals surface area contributed by atoms with Crippen LogP contribution < -0.4 is 16.4 Å². The number of amides is 2. The van der Waals surface area contributed by atoms with E-state index in [1.165, 1.54) is 33.3 Å². The molecule has 0 saturated heterocycles.